The van der Waals surface area contributed by atoms with Gasteiger partial charge in [0.25, 0.3) is 0 Å². The fourth-order valence-corrected chi connectivity index (χ4v) is 1.79. The zero-order valence-corrected chi connectivity index (χ0v) is 10.2. The number of carbonyl (C=O) groups excluding carboxylic acids is 2. The Morgan fingerprint density at radius 1 is 1.62 bits per heavy atom. The van der Waals surface area contributed by atoms with Crippen LogP contribution < -0.4 is 5.48 Å². The smallest absolute Gasteiger partial charge is 0.248 e. The Morgan fingerprint density at radius 3 is 2.88 bits per heavy atom. The van der Waals surface area contributed by atoms with Crippen molar-refractivity contribution in [3.8, 4) is 0 Å². The molecule has 92 valence electrons. The van der Waals surface area contributed by atoms with Gasteiger partial charge >= 0.3 is 0 Å². The van der Waals surface area contributed by atoms with Crippen molar-refractivity contribution < 1.29 is 14.4 Å². The van der Waals surface area contributed by atoms with Crippen LogP contribution in [-0.2, 0) is 14.4 Å². The van der Waals surface area contributed by atoms with E-state index in [4.69, 9.17) is 4.84 Å². The standard InChI is InChI=1S/C11H20N2O3/c1-4-16-12-11(15)9-5-10(14)13(7-9)6-8(2)3/h8-9H,4-7H2,1-3H3,(H,12,15)/t9-/m0/s1. The Labute approximate surface area is 96.1 Å². The van der Waals surface area contributed by atoms with E-state index in [0.29, 0.717) is 25.5 Å². The van der Waals surface area contributed by atoms with Gasteiger partial charge in [0.1, 0.15) is 0 Å². The van der Waals surface area contributed by atoms with Gasteiger partial charge in [0.15, 0.2) is 0 Å². The highest BCUT2D eigenvalue weighted by atomic mass is 16.6. The molecule has 0 aromatic rings. The van der Waals surface area contributed by atoms with Gasteiger partial charge in [-0.05, 0) is 12.8 Å². The lowest BCUT2D eigenvalue weighted by molar-refractivity contribution is -0.137. The van der Waals surface area contributed by atoms with Gasteiger partial charge in [-0.3, -0.25) is 14.4 Å². The normalized spacial score (nSPS) is 20.6. The van der Waals surface area contributed by atoms with Gasteiger partial charge in [-0.2, -0.15) is 0 Å². The van der Waals surface area contributed by atoms with Crippen LogP contribution in [0.1, 0.15) is 27.2 Å². The van der Waals surface area contributed by atoms with Crippen LogP contribution in [0.3, 0.4) is 0 Å². The molecule has 0 radical (unpaired) electrons. The Hall–Kier alpha value is -1.10. The molecule has 0 bridgehead atoms. The number of hydroxylamine groups is 1. The van der Waals surface area contributed by atoms with Crippen molar-refractivity contribution in [1.29, 1.82) is 0 Å². The van der Waals surface area contributed by atoms with Crippen molar-refractivity contribution in [2.75, 3.05) is 19.7 Å². The molecule has 0 aromatic heterocycles. The molecule has 0 spiro atoms. The van der Waals surface area contributed by atoms with Crippen molar-refractivity contribution in [3.05, 3.63) is 0 Å². The molecule has 0 saturated carbocycles. The van der Waals surface area contributed by atoms with E-state index in [0.717, 1.165) is 6.54 Å². The minimum Gasteiger partial charge on any atom is -0.342 e. The second-order valence-electron chi connectivity index (χ2n) is 4.49. The van der Waals surface area contributed by atoms with Gasteiger partial charge in [-0.25, -0.2) is 5.48 Å². The molecule has 1 atom stereocenters. The molecule has 1 heterocycles. The van der Waals surface area contributed by atoms with Gasteiger partial charge in [-0.15, -0.1) is 0 Å². The van der Waals surface area contributed by atoms with Crippen molar-refractivity contribution in [2.24, 2.45) is 11.8 Å². The number of nitrogens with zero attached hydrogens (tertiary/aromatic N) is 1. The number of rotatable bonds is 5. The predicted octanol–water partition coefficient (Wildman–Crippen LogP) is 0.559. The third kappa shape index (κ3) is 3.48. The minimum atomic E-state index is -0.266. The molecule has 0 aliphatic carbocycles. The van der Waals surface area contributed by atoms with E-state index in [2.05, 4.69) is 19.3 Å². The van der Waals surface area contributed by atoms with Gasteiger partial charge in [-0.1, -0.05) is 13.8 Å². The number of hydrogen-bond acceptors (Lipinski definition) is 3. The molecule has 0 unspecified atom stereocenters. The summed E-state index contributed by atoms with van der Waals surface area (Å²) in [4.78, 5) is 29.8. The first kappa shape index (κ1) is 13.0. The van der Waals surface area contributed by atoms with Crippen molar-refractivity contribution in [3.63, 3.8) is 0 Å². The zero-order valence-electron chi connectivity index (χ0n) is 10.2. The molecule has 5 heteroatoms. The van der Waals surface area contributed by atoms with Crippen LogP contribution in [0.25, 0.3) is 0 Å². The summed E-state index contributed by atoms with van der Waals surface area (Å²) in [7, 11) is 0. The van der Waals surface area contributed by atoms with E-state index in [9.17, 15) is 9.59 Å². The average molecular weight is 228 g/mol. The second kappa shape index (κ2) is 5.84. The Morgan fingerprint density at radius 2 is 2.31 bits per heavy atom. The van der Waals surface area contributed by atoms with Gasteiger partial charge in [0.2, 0.25) is 11.8 Å². The van der Waals surface area contributed by atoms with E-state index < -0.39 is 0 Å². The van der Waals surface area contributed by atoms with Crippen LogP contribution in [0.15, 0.2) is 0 Å². The molecular formula is C11H20N2O3. The lowest BCUT2D eigenvalue weighted by Crippen LogP contribution is -2.34. The topological polar surface area (TPSA) is 58.6 Å². The first-order valence-electron chi connectivity index (χ1n) is 5.74. The number of amides is 2. The quantitative estimate of drug-likeness (QED) is 0.699. The Balaban J connectivity index is 2.43. The molecule has 1 aliphatic heterocycles. The largest absolute Gasteiger partial charge is 0.342 e. The Kier molecular flexibility index (Phi) is 4.73. The predicted molar refractivity (Wildman–Crippen MR) is 59.3 cm³/mol. The number of likely N-dealkylation sites (tertiary alicyclic amines) is 1. The maximum Gasteiger partial charge on any atom is 0.248 e. The lowest BCUT2D eigenvalue weighted by Gasteiger charge is -2.18. The minimum absolute atomic E-state index is 0.0605. The van der Waals surface area contributed by atoms with Crippen LogP contribution in [0.5, 0.6) is 0 Å². The van der Waals surface area contributed by atoms with Crippen LogP contribution in [0.2, 0.25) is 0 Å². The molecular weight excluding hydrogens is 208 g/mol. The summed E-state index contributed by atoms with van der Waals surface area (Å²) in [5.74, 6) is 0.0299. The number of carbonyl (C=O) groups is 2. The second-order valence-corrected chi connectivity index (χ2v) is 4.49. The fourth-order valence-electron chi connectivity index (χ4n) is 1.79. The number of nitrogens with one attached hydrogen (secondary N) is 1. The summed E-state index contributed by atoms with van der Waals surface area (Å²) >= 11 is 0. The highest BCUT2D eigenvalue weighted by Gasteiger charge is 2.34. The Bertz CT molecular complexity index is 266. The van der Waals surface area contributed by atoms with E-state index in [1.165, 1.54) is 0 Å². The van der Waals surface area contributed by atoms with Gasteiger partial charge in [0.05, 0.1) is 12.5 Å². The summed E-state index contributed by atoms with van der Waals surface area (Å²) in [6.45, 7) is 7.57. The molecule has 1 saturated heterocycles. The SMILES string of the molecule is CCONC(=O)[C@H]1CC(=O)N(CC(C)C)C1. The van der Waals surface area contributed by atoms with Crippen molar-refractivity contribution >= 4 is 11.8 Å². The third-order valence-electron chi connectivity index (χ3n) is 2.49. The van der Waals surface area contributed by atoms with Crippen LogP contribution in [0.4, 0.5) is 0 Å². The molecule has 0 aromatic carbocycles. The summed E-state index contributed by atoms with van der Waals surface area (Å²) in [6, 6.07) is 0. The number of hydrogen-bond donors (Lipinski definition) is 1. The molecule has 16 heavy (non-hydrogen) atoms. The first-order chi connectivity index (χ1) is 7.54. The fraction of sp³-hybridized carbons (Fsp3) is 0.818. The molecule has 1 rings (SSSR count). The summed E-state index contributed by atoms with van der Waals surface area (Å²) in [5.41, 5.74) is 2.35. The lowest BCUT2D eigenvalue weighted by atomic mass is 10.1. The highest BCUT2D eigenvalue weighted by molar-refractivity contribution is 5.88. The van der Waals surface area contributed by atoms with E-state index >= 15 is 0 Å². The summed E-state index contributed by atoms with van der Waals surface area (Å²) < 4.78 is 0. The third-order valence-corrected chi connectivity index (χ3v) is 2.49. The summed E-state index contributed by atoms with van der Waals surface area (Å²) in [5, 5.41) is 0. The van der Waals surface area contributed by atoms with Crippen molar-refractivity contribution in [1.82, 2.24) is 10.4 Å². The van der Waals surface area contributed by atoms with E-state index in [-0.39, 0.29) is 17.7 Å². The zero-order chi connectivity index (χ0) is 12.1. The van der Waals surface area contributed by atoms with Crippen LogP contribution >= 0.6 is 0 Å². The van der Waals surface area contributed by atoms with Crippen molar-refractivity contribution in [2.45, 2.75) is 27.2 Å². The average Bonchev–Trinajstić information content (AvgIpc) is 2.56. The maximum absolute atomic E-state index is 11.6. The molecule has 1 N–H and O–H groups in total. The van der Waals surface area contributed by atoms with Gasteiger partial charge in [0, 0.05) is 19.5 Å². The van der Waals surface area contributed by atoms with Crippen LogP contribution in [0, 0.1) is 11.8 Å². The first-order valence-corrected chi connectivity index (χ1v) is 5.74. The monoisotopic (exact) mass is 228 g/mol. The van der Waals surface area contributed by atoms with E-state index in [1.54, 1.807) is 11.8 Å². The maximum atomic E-state index is 11.6. The highest BCUT2D eigenvalue weighted by Crippen LogP contribution is 2.18. The van der Waals surface area contributed by atoms with Gasteiger partial charge < -0.3 is 4.90 Å². The molecule has 1 aliphatic rings. The molecule has 5 nitrogen and oxygen atoms in total. The summed E-state index contributed by atoms with van der Waals surface area (Å²) in [6.07, 6.45) is 0.297. The molecule has 1 fully saturated rings. The molecule has 2 amide bonds. The van der Waals surface area contributed by atoms with Crippen LogP contribution in [-0.4, -0.2) is 36.4 Å². The van der Waals surface area contributed by atoms with E-state index in [1.807, 2.05) is 0 Å².